The van der Waals surface area contributed by atoms with Crippen molar-refractivity contribution in [1.82, 2.24) is 4.90 Å². The zero-order chi connectivity index (χ0) is 21.4. The molecule has 3 amide bonds. The van der Waals surface area contributed by atoms with Crippen molar-refractivity contribution in [1.29, 1.82) is 0 Å². The number of anilines is 1. The van der Waals surface area contributed by atoms with E-state index in [4.69, 9.17) is 14.2 Å². The second-order valence-electron chi connectivity index (χ2n) is 7.92. The van der Waals surface area contributed by atoms with Gasteiger partial charge in [0.25, 0.3) is 5.91 Å². The highest BCUT2D eigenvalue weighted by Crippen LogP contribution is 2.56. The summed E-state index contributed by atoms with van der Waals surface area (Å²) in [5.74, 6) is -1.02. The van der Waals surface area contributed by atoms with Crippen molar-refractivity contribution in [3.8, 4) is 11.5 Å². The van der Waals surface area contributed by atoms with E-state index < -0.39 is 25.0 Å². The summed E-state index contributed by atoms with van der Waals surface area (Å²) in [5, 5.41) is 2.59. The van der Waals surface area contributed by atoms with Crippen LogP contribution in [0.2, 0.25) is 0 Å². The minimum Gasteiger partial charge on any atom is -0.497 e. The van der Waals surface area contributed by atoms with Gasteiger partial charge in [-0.05, 0) is 43.2 Å². The van der Waals surface area contributed by atoms with E-state index >= 15 is 0 Å². The molecule has 0 radical (unpaired) electrons. The molecular formula is C21H24N2O7. The second-order valence-corrected chi connectivity index (χ2v) is 7.92. The lowest BCUT2D eigenvalue weighted by Crippen LogP contribution is -2.38. The number of amides is 3. The first kappa shape index (κ1) is 20.2. The SMILES string of the molecule is COc1ccc(NC(=O)COC(=O)CN2C(=O)[C@@H]3[C@@H]4CC[C@@H](C4)[C@@H]3C2=O)c(OC)c1. The maximum absolute atomic E-state index is 12.6. The largest absolute Gasteiger partial charge is 0.497 e. The summed E-state index contributed by atoms with van der Waals surface area (Å²) >= 11 is 0. The van der Waals surface area contributed by atoms with Crippen molar-refractivity contribution in [3.05, 3.63) is 18.2 Å². The van der Waals surface area contributed by atoms with Gasteiger partial charge in [0, 0.05) is 6.07 Å². The van der Waals surface area contributed by atoms with E-state index in [1.165, 1.54) is 14.2 Å². The fourth-order valence-corrected chi connectivity index (χ4v) is 5.04. The van der Waals surface area contributed by atoms with E-state index in [1.807, 2.05) is 0 Å². The Kier molecular flexibility index (Phi) is 5.36. The number of hydrogen-bond acceptors (Lipinski definition) is 7. The maximum Gasteiger partial charge on any atom is 0.326 e. The lowest BCUT2D eigenvalue weighted by Gasteiger charge is -2.19. The van der Waals surface area contributed by atoms with Gasteiger partial charge in [-0.2, -0.15) is 0 Å². The quantitative estimate of drug-likeness (QED) is 0.525. The van der Waals surface area contributed by atoms with E-state index in [9.17, 15) is 19.2 Å². The van der Waals surface area contributed by atoms with Gasteiger partial charge in [-0.25, -0.2) is 0 Å². The zero-order valence-electron chi connectivity index (χ0n) is 16.9. The van der Waals surface area contributed by atoms with Crippen molar-refractivity contribution in [2.24, 2.45) is 23.7 Å². The molecule has 1 heterocycles. The fraction of sp³-hybridized carbons (Fsp3) is 0.524. The molecule has 1 N–H and O–H groups in total. The highest BCUT2D eigenvalue weighted by molar-refractivity contribution is 6.08. The van der Waals surface area contributed by atoms with Crippen LogP contribution in [0.15, 0.2) is 18.2 Å². The molecule has 1 saturated heterocycles. The van der Waals surface area contributed by atoms with Crippen LogP contribution >= 0.6 is 0 Å². The van der Waals surface area contributed by atoms with E-state index in [-0.39, 0.29) is 35.5 Å². The lowest BCUT2D eigenvalue weighted by molar-refractivity contribution is -0.154. The highest BCUT2D eigenvalue weighted by Gasteiger charge is 2.61. The van der Waals surface area contributed by atoms with Crippen molar-refractivity contribution >= 4 is 29.4 Å². The summed E-state index contributed by atoms with van der Waals surface area (Å²) in [6, 6.07) is 4.86. The summed E-state index contributed by atoms with van der Waals surface area (Å²) in [6.45, 7) is -0.994. The molecule has 9 nitrogen and oxygen atoms in total. The molecule has 30 heavy (non-hydrogen) atoms. The number of nitrogens with one attached hydrogen (secondary N) is 1. The van der Waals surface area contributed by atoms with Gasteiger partial charge in [-0.3, -0.25) is 24.1 Å². The van der Waals surface area contributed by atoms with Crippen molar-refractivity contribution in [2.75, 3.05) is 32.7 Å². The first-order valence-corrected chi connectivity index (χ1v) is 9.95. The Labute approximate surface area is 173 Å². The van der Waals surface area contributed by atoms with Crippen LogP contribution in [0.1, 0.15) is 19.3 Å². The fourth-order valence-electron chi connectivity index (χ4n) is 5.04. The number of esters is 1. The number of methoxy groups -OCH3 is 2. The van der Waals surface area contributed by atoms with Gasteiger partial charge < -0.3 is 19.5 Å². The van der Waals surface area contributed by atoms with E-state index in [1.54, 1.807) is 18.2 Å². The molecule has 9 heteroatoms. The summed E-state index contributed by atoms with van der Waals surface area (Å²) in [6.07, 6.45) is 2.87. The molecule has 3 fully saturated rings. The molecule has 2 bridgehead atoms. The highest BCUT2D eigenvalue weighted by atomic mass is 16.5. The van der Waals surface area contributed by atoms with Gasteiger partial charge in [0.05, 0.1) is 31.7 Å². The standard InChI is InChI=1S/C21H24N2O7/c1-28-13-5-6-14(15(8-13)29-2)22-16(24)10-30-17(25)9-23-20(26)18-11-3-4-12(7-11)19(18)21(23)27/h5-6,8,11-12,18-19H,3-4,7,9-10H2,1-2H3,(H,22,24)/t11-,12+,18-,19+. The third kappa shape index (κ3) is 3.48. The van der Waals surface area contributed by atoms with Crippen molar-refractivity contribution in [3.63, 3.8) is 0 Å². The topological polar surface area (TPSA) is 111 Å². The Hall–Kier alpha value is -3.10. The molecule has 0 unspecified atom stereocenters. The number of rotatable bonds is 7. The first-order chi connectivity index (χ1) is 14.4. The number of carbonyl (C=O) groups excluding carboxylic acids is 4. The average Bonchev–Trinajstić information content (AvgIpc) is 3.42. The Bertz CT molecular complexity index is 871. The third-order valence-corrected chi connectivity index (χ3v) is 6.35. The molecule has 1 aromatic rings. The van der Waals surface area contributed by atoms with Crippen LogP contribution in [0.25, 0.3) is 0 Å². The molecule has 1 aromatic carbocycles. The molecule has 0 aromatic heterocycles. The normalized spacial score (nSPS) is 26.5. The number of hydrogen-bond donors (Lipinski definition) is 1. The van der Waals surface area contributed by atoms with E-state index in [0.29, 0.717) is 17.2 Å². The summed E-state index contributed by atoms with van der Waals surface area (Å²) in [5.41, 5.74) is 0.396. The first-order valence-electron chi connectivity index (χ1n) is 9.95. The number of nitrogens with zero attached hydrogens (tertiary/aromatic N) is 1. The number of ether oxygens (including phenoxy) is 3. The zero-order valence-corrected chi connectivity index (χ0v) is 16.9. The average molecular weight is 416 g/mol. The van der Waals surface area contributed by atoms with Crippen molar-refractivity contribution in [2.45, 2.75) is 19.3 Å². The Morgan fingerprint density at radius 3 is 2.33 bits per heavy atom. The number of fused-ring (bicyclic) bond motifs is 5. The Morgan fingerprint density at radius 2 is 1.73 bits per heavy atom. The van der Waals surface area contributed by atoms with E-state index in [2.05, 4.69) is 5.32 Å². The van der Waals surface area contributed by atoms with Crippen LogP contribution in [0.4, 0.5) is 5.69 Å². The molecule has 4 rings (SSSR count). The number of benzene rings is 1. The minimum absolute atomic E-state index is 0.253. The van der Waals surface area contributed by atoms with Crippen LogP contribution in [-0.4, -0.2) is 56.0 Å². The third-order valence-electron chi connectivity index (χ3n) is 6.35. The predicted octanol–water partition coefficient (Wildman–Crippen LogP) is 1.22. The maximum atomic E-state index is 12.6. The number of carbonyl (C=O) groups is 4. The Morgan fingerprint density at radius 1 is 1.07 bits per heavy atom. The monoisotopic (exact) mass is 416 g/mol. The van der Waals surface area contributed by atoms with Crippen LogP contribution < -0.4 is 14.8 Å². The lowest BCUT2D eigenvalue weighted by atomic mass is 9.81. The van der Waals surface area contributed by atoms with Gasteiger partial charge in [-0.1, -0.05) is 0 Å². The van der Waals surface area contributed by atoms with Gasteiger partial charge in [0.15, 0.2) is 6.61 Å². The molecule has 160 valence electrons. The van der Waals surface area contributed by atoms with Crippen LogP contribution in [-0.2, 0) is 23.9 Å². The molecule has 4 atom stereocenters. The van der Waals surface area contributed by atoms with E-state index in [0.717, 1.165) is 24.2 Å². The van der Waals surface area contributed by atoms with Crippen molar-refractivity contribution < 1.29 is 33.4 Å². The van der Waals surface area contributed by atoms with Gasteiger partial charge in [0.2, 0.25) is 11.8 Å². The molecule has 3 aliphatic rings. The van der Waals surface area contributed by atoms with Gasteiger partial charge >= 0.3 is 5.97 Å². The number of likely N-dealkylation sites (tertiary alicyclic amines) is 1. The van der Waals surface area contributed by atoms with Gasteiger partial charge in [-0.15, -0.1) is 0 Å². The molecule has 0 spiro atoms. The minimum atomic E-state index is -0.791. The summed E-state index contributed by atoms with van der Waals surface area (Å²) in [4.78, 5) is 50.5. The Balaban J connectivity index is 1.30. The summed E-state index contributed by atoms with van der Waals surface area (Å²) < 4.78 is 15.3. The van der Waals surface area contributed by atoms with Gasteiger partial charge in [0.1, 0.15) is 18.0 Å². The van der Waals surface area contributed by atoms with Crippen LogP contribution in [0.3, 0.4) is 0 Å². The molecule has 2 aliphatic carbocycles. The predicted molar refractivity (Wildman–Crippen MR) is 104 cm³/mol. The molecule has 1 aliphatic heterocycles. The van der Waals surface area contributed by atoms with Crippen LogP contribution in [0.5, 0.6) is 11.5 Å². The smallest absolute Gasteiger partial charge is 0.326 e. The summed E-state index contributed by atoms with van der Waals surface area (Å²) in [7, 11) is 2.97. The van der Waals surface area contributed by atoms with Crippen LogP contribution in [0, 0.1) is 23.7 Å². The molecular weight excluding hydrogens is 392 g/mol. The second kappa shape index (κ2) is 7.97. The molecule has 2 saturated carbocycles. The number of imide groups is 1.